The first kappa shape index (κ1) is 23.4. The van der Waals surface area contributed by atoms with Crippen molar-refractivity contribution >= 4 is 17.6 Å². The van der Waals surface area contributed by atoms with E-state index in [1.807, 2.05) is 38.1 Å². The maximum Gasteiger partial charge on any atom is 0.255 e. The van der Waals surface area contributed by atoms with Crippen molar-refractivity contribution in [2.24, 2.45) is 10.7 Å². The number of rotatable bonds is 8. The first-order valence-electron chi connectivity index (χ1n) is 11.0. The van der Waals surface area contributed by atoms with Crippen LogP contribution in [0.25, 0.3) is 0 Å². The maximum absolute atomic E-state index is 13.5. The number of hydrogen-bond donors (Lipinski definition) is 3. The highest BCUT2D eigenvalue weighted by Gasteiger charge is 2.22. The Morgan fingerprint density at radius 3 is 2.91 bits per heavy atom. The average Bonchev–Trinajstić information content (AvgIpc) is 2.77. The minimum absolute atomic E-state index is 0.150. The van der Waals surface area contributed by atoms with Gasteiger partial charge in [0.2, 0.25) is 0 Å². The van der Waals surface area contributed by atoms with Crippen LogP contribution in [0.15, 0.2) is 47.5 Å². The van der Waals surface area contributed by atoms with Crippen LogP contribution >= 0.6 is 0 Å². The quantitative estimate of drug-likeness (QED) is 0.433. The number of amides is 1. The van der Waals surface area contributed by atoms with Crippen molar-refractivity contribution in [3.8, 4) is 5.75 Å². The number of guanidine groups is 1. The number of nitrogens with one attached hydrogen (secondary N) is 2. The number of hydrogen-bond acceptors (Lipinski definition) is 4. The Balaban J connectivity index is 1.63. The highest BCUT2D eigenvalue weighted by molar-refractivity contribution is 5.80. The van der Waals surface area contributed by atoms with E-state index in [0.717, 1.165) is 55.2 Å². The number of carbonyl (C=O) groups excluding carboxylic acids is 1. The molecule has 0 saturated carbocycles. The molecule has 1 heterocycles. The average molecular weight is 442 g/mol. The smallest absolute Gasteiger partial charge is 0.255 e. The van der Waals surface area contributed by atoms with Gasteiger partial charge in [-0.2, -0.15) is 0 Å². The summed E-state index contributed by atoms with van der Waals surface area (Å²) in [4.78, 5) is 17.9. The molecular weight excluding hydrogens is 409 g/mol. The molecule has 0 spiro atoms. The van der Waals surface area contributed by atoms with Gasteiger partial charge in [-0.05, 0) is 68.1 Å². The highest BCUT2D eigenvalue weighted by atomic mass is 19.1. The normalized spacial score (nSPS) is 16.5. The fourth-order valence-corrected chi connectivity index (χ4v) is 3.86. The Morgan fingerprint density at radius 1 is 1.31 bits per heavy atom. The molecule has 4 N–H and O–H groups in total. The highest BCUT2D eigenvalue weighted by Crippen LogP contribution is 2.24. The lowest BCUT2D eigenvalue weighted by Gasteiger charge is -2.36. The van der Waals surface area contributed by atoms with Crippen molar-refractivity contribution in [2.75, 3.05) is 31.1 Å². The second kappa shape index (κ2) is 11.4. The predicted molar refractivity (Wildman–Crippen MR) is 125 cm³/mol. The number of primary amides is 1. The lowest BCUT2D eigenvalue weighted by molar-refractivity contribution is -0.119. The molecule has 0 aromatic heterocycles. The van der Waals surface area contributed by atoms with Crippen molar-refractivity contribution in [3.63, 3.8) is 0 Å². The van der Waals surface area contributed by atoms with E-state index in [4.69, 9.17) is 15.5 Å². The van der Waals surface area contributed by atoms with Gasteiger partial charge in [0.1, 0.15) is 11.6 Å². The molecular formula is C24H32FN5O2. The number of carbonyl (C=O) groups is 1. The zero-order valence-corrected chi connectivity index (χ0v) is 18.7. The number of ether oxygens (including phenoxy) is 1. The molecule has 32 heavy (non-hydrogen) atoms. The molecule has 1 atom stereocenters. The summed E-state index contributed by atoms with van der Waals surface area (Å²) in [5.41, 5.74) is 8.13. The minimum Gasteiger partial charge on any atom is -0.484 e. The molecule has 1 unspecified atom stereocenters. The Kier molecular flexibility index (Phi) is 8.30. The third-order valence-electron chi connectivity index (χ3n) is 5.31. The Hall–Kier alpha value is -3.29. The zero-order chi connectivity index (χ0) is 22.9. The van der Waals surface area contributed by atoms with Crippen molar-refractivity contribution < 1.29 is 13.9 Å². The Labute approximate surface area is 188 Å². The van der Waals surface area contributed by atoms with Crippen LogP contribution in [0, 0.1) is 12.7 Å². The number of aliphatic imine (C=N–C) groups is 1. The van der Waals surface area contributed by atoms with Crippen molar-refractivity contribution in [1.82, 2.24) is 10.6 Å². The summed E-state index contributed by atoms with van der Waals surface area (Å²) in [5, 5.41) is 6.85. The number of benzene rings is 2. The topological polar surface area (TPSA) is 92.0 Å². The number of halogens is 1. The number of piperidine rings is 1. The van der Waals surface area contributed by atoms with Crippen LogP contribution in [-0.4, -0.2) is 44.1 Å². The minimum atomic E-state index is -0.510. The molecule has 172 valence electrons. The van der Waals surface area contributed by atoms with Crippen LogP contribution in [0.4, 0.5) is 10.1 Å². The summed E-state index contributed by atoms with van der Waals surface area (Å²) >= 11 is 0. The van der Waals surface area contributed by atoms with Gasteiger partial charge < -0.3 is 26.0 Å². The standard InChI is InChI=1S/C24H32FN5O2/c1-3-27-24(28-14-18-6-4-8-21(13-18)32-16-23(26)31)29-20-7-5-11-30(15-20)22-10-9-19(25)12-17(22)2/h4,6,8-10,12-13,20H,3,5,7,11,14-16H2,1-2H3,(H2,26,31)(H2,27,28,29). The summed E-state index contributed by atoms with van der Waals surface area (Å²) in [6, 6.07) is 12.7. The molecule has 0 aliphatic carbocycles. The largest absolute Gasteiger partial charge is 0.484 e. The first-order chi connectivity index (χ1) is 15.4. The van der Waals surface area contributed by atoms with Gasteiger partial charge in [0.15, 0.2) is 12.6 Å². The molecule has 2 aromatic carbocycles. The fraction of sp³-hybridized carbons (Fsp3) is 0.417. The van der Waals surface area contributed by atoms with E-state index in [-0.39, 0.29) is 18.5 Å². The molecule has 0 bridgehead atoms. The summed E-state index contributed by atoms with van der Waals surface area (Å²) in [6.07, 6.45) is 2.09. The molecule has 7 nitrogen and oxygen atoms in total. The molecule has 0 radical (unpaired) electrons. The molecule has 1 aliphatic rings. The van der Waals surface area contributed by atoms with Gasteiger partial charge >= 0.3 is 0 Å². The van der Waals surface area contributed by atoms with Crippen molar-refractivity contribution in [3.05, 3.63) is 59.4 Å². The Bertz CT molecular complexity index is 950. The van der Waals surface area contributed by atoms with Crippen LogP contribution in [0.5, 0.6) is 5.75 Å². The molecule has 1 fully saturated rings. The predicted octanol–water partition coefficient (Wildman–Crippen LogP) is 2.72. The SMILES string of the molecule is CCNC(=NCc1cccc(OCC(N)=O)c1)NC1CCCN(c2ccc(F)cc2C)C1. The zero-order valence-electron chi connectivity index (χ0n) is 18.7. The van der Waals surface area contributed by atoms with E-state index in [9.17, 15) is 9.18 Å². The molecule has 3 rings (SSSR count). The summed E-state index contributed by atoms with van der Waals surface area (Å²) in [7, 11) is 0. The van der Waals surface area contributed by atoms with Gasteiger partial charge in [-0.1, -0.05) is 12.1 Å². The van der Waals surface area contributed by atoms with Crippen LogP contribution in [0.3, 0.4) is 0 Å². The maximum atomic E-state index is 13.5. The lowest BCUT2D eigenvalue weighted by Crippen LogP contribution is -2.51. The van der Waals surface area contributed by atoms with Crippen molar-refractivity contribution in [2.45, 2.75) is 39.3 Å². The van der Waals surface area contributed by atoms with E-state index in [1.54, 1.807) is 12.1 Å². The molecule has 1 amide bonds. The summed E-state index contributed by atoms with van der Waals surface area (Å²) in [5.74, 6) is 0.624. The number of nitrogens with zero attached hydrogens (tertiary/aromatic N) is 2. The van der Waals surface area contributed by atoms with Gasteiger partial charge in [-0.25, -0.2) is 9.38 Å². The van der Waals surface area contributed by atoms with Gasteiger partial charge in [0.05, 0.1) is 6.54 Å². The number of nitrogens with two attached hydrogens (primary N) is 1. The third-order valence-corrected chi connectivity index (χ3v) is 5.31. The van der Waals surface area contributed by atoms with E-state index >= 15 is 0 Å². The van der Waals surface area contributed by atoms with Crippen LogP contribution < -0.4 is 26.0 Å². The molecule has 1 saturated heterocycles. The molecule has 8 heteroatoms. The summed E-state index contributed by atoms with van der Waals surface area (Å²) < 4.78 is 18.9. The molecule has 2 aromatic rings. The fourth-order valence-electron chi connectivity index (χ4n) is 3.86. The second-order valence-corrected chi connectivity index (χ2v) is 7.96. The van der Waals surface area contributed by atoms with E-state index in [1.165, 1.54) is 6.07 Å². The second-order valence-electron chi connectivity index (χ2n) is 7.96. The van der Waals surface area contributed by atoms with Crippen molar-refractivity contribution in [1.29, 1.82) is 0 Å². The van der Waals surface area contributed by atoms with Gasteiger partial charge in [0.25, 0.3) is 5.91 Å². The monoisotopic (exact) mass is 441 g/mol. The Morgan fingerprint density at radius 2 is 2.16 bits per heavy atom. The lowest BCUT2D eigenvalue weighted by atomic mass is 10.0. The van der Waals surface area contributed by atoms with Crippen LogP contribution in [0.1, 0.15) is 30.9 Å². The first-order valence-corrected chi connectivity index (χ1v) is 11.0. The van der Waals surface area contributed by atoms with Crippen LogP contribution in [-0.2, 0) is 11.3 Å². The third kappa shape index (κ3) is 6.87. The van der Waals surface area contributed by atoms with Gasteiger partial charge in [0, 0.05) is 31.4 Å². The number of anilines is 1. The summed E-state index contributed by atoms with van der Waals surface area (Å²) in [6.45, 7) is 6.83. The van der Waals surface area contributed by atoms with Gasteiger partial charge in [-0.3, -0.25) is 4.79 Å². The van der Waals surface area contributed by atoms with E-state index in [0.29, 0.717) is 12.3 Å². The van der Waals surface area contributed by atoms with E-state index < -0.39 is 5.91 Å². The molecule has 1 aliphatic heterocycles. The van der Waals surface area contributed by atoms with Gasteiger partial charge in [-0.15, -0.1) is 0 Å². The van der Waals surface area contributed by atoms with Crippen LogP contribution in [0.2, 0.25) is 0 Å². The number of aryl methyl sites for hydroxylation is 1. The van der Waals surface area contributed by atoms with E-state index in [2.05, 4.69) is 15.5 Å².